The molecule has 0 unspecified atom stereocenters. The van der Waals surface area contributed by atoms with E-state index in [2.05, 4.69) is 20.5 Å². The Kier molecular flexibility index (Phi) is 3.95. The highest BCUT2D eigenvalue weighted by Gasteiger charge is 2.35. The normalized spacial score (nSPS) is 15.6. The van der Waals surface area contributed by atoms with Crippen LogP contribution in [0.15, 0.2) is 53.6 Å². The molecule has 1 aliphatic heterocycles. The summed E-state index contributed by atoms with van der Waals surface area (Å²) in [4.78, 5) is 7.22. The number of ether oxygens (including phenoxy) is 1. The van der Waals surface area contributed by atoms with E-state index in [0.717, 1.165) is 5.56 Å². The number of para-hydroxylation sites is 2. The molecule has 0 saturated heterocycles. The molecule has 1 aliphatic rings. The maximum atomic E-state index is 13.1. The van der Waals surface area contributed by atoms with Crippen molar-refractivity contribution in [3.8, 4) is 5.75 Å². The number of nitrogens with zero attached hydrogens (tertiary/aromatic N) is 3. The Morgan fingerprint density at radius 2 is 1.77 bits per heavy atom. The maximum absolute atomic E-state index is 13.1. The Morgan fingerprint density at radius 1 is 1.00 bits per heavy atom. The van der Waals surface area contributed by atoms with Crippen molar-refractivity contribution in [2.24, 2.45) is 5.10 Å². The van der Waals surface area contributed by atoms with Crippen molar-refractivity contribution in [3.63, 3.8) is 0 Å². The van der Waals surface area contributed by atoms with E-state index in [1.807, 2.05) is 24.3 Å². The van der Waals surface area contributed by atoms with Gasteiger partial charge in [-0.05, 0) is 24.3 Å². The number of aromatic nitrogens is 2. The lowest BCUT2D eigenvalue weighted by molar-refractivity contribution is -0.144. The average Bonchev–Trinajstić information content (AvgIpc) is 2.65. The predicted molar refractivity (Wildman–Crippen MR) is 91.3 cm³/mol. The molecule has 26 heavy (non-hydrogen) atoms. The molecule has 5 nitrogen and oxygen atoms in total. The summed E-state index contributed by atoms with van der Waals surface area (Å²) in [5.74, 6) is -0.492. The number of halogens is 3. The first-order valence-electron chi connectivity index (χ1n) is 7.91. The fourth-order valence-electron chi connectivity index (χ4n) is 2.75. The van der Waals surface area contributed by atoms with Crippen LogP contribution < -0.4 is 10.2 Å². The molecule has 0 amide bonds. The Bertz CT molecular complexity index is 1000. The van der Waals surface area contributed by atoms with E-state index in [-0.39, 0.29) is 11.3 Å². The van der Waals surface area contributed by atoms with Crippen LogP contribution in [0.5, 0.6) is 5.75 Å². The van der Waals surface area contributed by atoms with Crippen LogP contribution in [0.1, 0.15) is 17.8 Å². The van der Waals surface area contributed by atoms with Gasteiger partial charge in [0.25, 0.3) is 0 Å². The van der Waals surface area contributed by atoms with Gasteiger partial charge in [0, 0.05) is 17.4 Å². The van der Waals surface area contributed by atoms with Gasteiger partial charge in [0.2, 0.25) is 5.82 Å². The molecule has 0 atom stereocenters. The van der Waals surface area contributed by atoms with E-state index in [1.54, 1.807) is 18.2 Å². The molecule has 2 aromatic carbocycles. The number of alkyl halides is 3. The van der Waals surface area contributed by atoms with Crippen molar-refractivity contribution in [1.82, 2.24) is 9.97 Å². The Balaban J connectivity index is 1.76. The van der Waals surface area contributed by atoms with Crippen LogP contribution >= 0.6 is 0 Å². The first-order chi connectivity index (χ1) is 12.5. The largest absolute Gasteiger partial charge is 0.492 e. The highest BCUT2D eigenvalue weighted by molar-refractivity contribution is 6.04. The van der Waals surface area contributed by atoms with Gasteiger partial charge in [-0.3, -0.25) is 5.43 Å². The zero-order valence-corrected chi connectivity index (χ0v) is 13.4. The van der Waals surface area contributed by atoms with E-state index >= 15 is 0 Å². The van der Waals surface area contributed by atoms with Gasteiger partial charge in [0.05, 0.1) is 17.8 Å². The quantitative estimate of drug-likeness (QED) is 0.696. The minimum absolute atomic E-state index is 0.0133. The molecular formula is C18H13F3N4O. The first-order valence-corrected chi connectivity index (χ1v) is 7.91. The predicted octanol–water partition coefficient (Wildman–Crippen LogP) is 4.25. The van der Waals surface area contributed by atoms with Crippen LogP contribution in [0.4, 0.5) is 19.0 Å². The molecule has 132 valence electrons. The number of fused-ring (bicyclic) bond motifs is 2. The van der Waals surface area contributed by atoms with Crippen LogP contribution in [-0.4, -0.2) is 22.3 Å². The molecule has 2 heterocycles. The summed E-state index contributed by atoms with van der Waals surface area (Å²) in [5, 5.41) is 4.76. The number of hydrogen-bond acceptors (Lipinski definition) is 5. The third kappa shape index (κ3) is 3.05. The van der Waals surface area contributed by atoms with E-state index in [4.69, 9.17) is 4.74 Å². The average molecular weight is 358 g/mol. The SMILES string of the molecule is FC(F)(F)c1nc(N/N=C2/CCOc3ccccc32)c2ccccc2n1. The fourth-order valence-corrected chi connectivity index (χ4v) is 2.75. The van der Waals surface area contributed by atoms with Gasteiger partial charge in [-0.25, -0.2) is 9.97 Å². The van der Waals surface area contributed by atoms with Gasteiger partial charge in [-0.2, -0.15) is 18.3 Å². The van der Waals surface area contributed by atoms with Gasteiger partial charge >= 0.3 is 6.18 Å². The monoisotopic (exact) mass is 358 g/mol. The second-order valence-corrected chi connectivity index (χ2v) is 5.68. The van der Waals surface area contributed by atoms with Crippen LogP contribution in [-0.2, 0) is 6.18 Å². The molecule has 0 saturated carbocycles. The van der Waals surface area contributed by atoms with Crippen LogP contribution in [0.3, 0.4) is 0 Å². The van der Waals surface area contributed by atoms with Crippen molar-refractivity contribution in [3.05, 3.63) is 59.9 Å². The van der Waals surface area contributed by atoms with E-state index in [1.165, 1.54) is 6.07 Å². The van der Waals surface area contributed by atoms with Gasteiger partial charge < -0.3 is 4.74 Å². The third-order valence-electron chi connectivity index (χ3n) is 3.95. The highest BCUT2D eigenvalue weighted by atomic mass is 19.4. The molecular weight excluding hydrogens is 345 g/mol. The molecule has 1 N–H and O–H groups in total. The first kappa shape index (κ1) is 16.3. The zero-order valence-electron chi connectivity index (χ0n) is 13.4. The number of benzene rings is 2. The second-order valence-electron chi connectivity index (χ2n) is 5.68. The zero-order chi connectivity index (χ0) is 18.1. The molecule has 0 spiro atoms. The number of nitrogens with one attached hydrogen (secondary N) is 1. The molecule has 0 bridgehead atoms. The molecule has 1 aromatic heterocycles. The summed E-state index contributed by atoms with van der Waals surface area (Å²) < 4.78 is 44.8. The van der Waals surface area contributed by atoms with Crippen molar-refractivity contribution < 1.29 is 17.9 Å². The number of hydrogen-bond donors (Lipinski definition) is 1. The summed E-state index contributed by atoms with van der Waals surface area (Å²) in [6, 6.07) is 13.9. The van der Waals surface area contributed by atoms with Gasteiger partial charge in [-0.15, -0.1) is 0 Å². The summed E-state index contributed by atoms with van der Waals surface area (Å²) in [7, 11) is 0. The number of anilines is 1. The molecule has 0 radical (unpaired) electrons. The summed E-state index contributed by atoms with van der Waals surface area (Å²) in [5.41, 5.74) is 4.39. The Labute approximate surface area is 146 Å². The van der Waals surface area contributed by atoms with Crippen LogP contribution in [0, 0.1) is 0 Å². The van der Waals surface area contributed by atoms with Crippen LogP contribution in [0.25, 0.3) is 10.9 Å². The standard InChI is InChI=1S/C18H13F3N4O/c19-18(20,21)17-22-13-7-3-1-6-12(13)16(23-17)25-24-14-9-10-26-15-8-4-2-5-11(14)15/h1-8H,9-10H2,(H,22,23,25)/b24-14-. The van der Waals surface area contributed by atoms with E-state index < -0.39 is 12.0 Å². The minimum Gasteiger partial charge on any atom is -0.492 e. The van der Waals surface area contributed by atoms with Gasteiger partial charge in [-0.1, -0.05) is 24.3 Å². The Hall–Kier alpha value is -3.16. The maximum Gasteiger partial charge on any atom is 0.451 e. The molecule has 8 heteroatoms. The summed E-state index contributed by atoms with van der Waals surface area (Å²) >= 11 is 0. The fraction of sp³-hybridized carbons (Fsp3) is 0.167. The molecule has 4 rings (SSSR count). The third-order valence-corrected chi connectivity index (χ3v) is 3.95. The van der Waals surface area contributed by atoms with Crippen molar-refractivity contribution in [2.45, 2.75) is 12.6 Å². The lowest BCUT2D eigenvalue weighted by atomic mass is 10.0. The highest BCUT2D eigenvalue weighted by Crippen LogP contribution is 2.30. The van der Waals surface area contributed by atoms with E-state index in [9.17, 15) is 13.2 Å². The van der Waals surface area contributed by atoms with Crippen molar-refractivity contribution >= 4 is 22.4 Å². The number of rotatable bonds is 2. The molecule has 0 aliphatic carbocycles. The minimum atomic E-state index is -4.64. The van der Waals surface area contributed by atoms with E-state index in [0.29, 0.717) is 29.9 Å². The van der Waals surface area contributed by atoms with Gasteiger partial charge in [0.15, 0.2) is 5.82 Å². The topological polar surface area (TPSA) is 59.4 Å². The van der Waals surface area contributed by atoms with Crippen molar-refractivity contribution in [2.75, 3.05) is 12.0 Å². The lowest BCUT2D eigenvalue weighted by Crippen LogP contribution is -2.18. The van der Waals surface area contributed by atoms with Gasteiger partial charge in [0.1, 0.15) is 5.75 Å². The summed E-state index contributed by atoms with van der Waals surface area (Å²) in [6.45, 7) is 0.454. The molecule has 3 aromatic rings. The van der Waals surface area contributed by atoms with Crippen molar-refractivity contribution in [1.29, 1.82) is 0 Å². The number of hydrazone groups is 1. The summed E-state index contributed by atoms with van der Waals surface area (Å²) in [6.07, 6.45) is -4.10. The van der Waals surface area contributed by atoms with Crippen LogP contribution in [0.2, 0.25) is 0 Å². The molecule has 0 fully saturated rings. The Morgan fingerprint density at radius 3 is 2.62 bits per heavy atom. The second kappa shape index (κ2) is 6.29. The lowest BCUT2D eigenvalue weighted by Gasteiger charge is -2.19. The smallest absolute Gasteiger partial charge is 0.451 e.